The maximum atomic E-state index is 12.3. The first-order chi connectivity index (χ1) is 13.2. The number of hydrogen-bond acceptors (Lipinski definition) is 2. The molecule has 0 atom stereocenters. The van der Waals surface area contributed by atoms with Gasteiger partial charge in [0.2, 0.25) is 5.91 Å². The van der Waals surface area contributed by atoms with Crippen LogP contribution >= 0.6 is 11.8 Å². The molecule has 0 fully saturated rings. The van der Waals surface area contributed by atoms with Crippen LogP contribution in [0.2, 0.25) is 0 Å². The van der Waals surface area contributed by atoms with Crippen molar-refractivity contribution in [3.8, 4) is 0 Å². The molecule has 0 saturated carbocycles. The minimum Gasteiger partial charge on any atom is -0.351 e. The average Bonchev–Trinajstić information content (AvgIpc) is 3.17. The zero-order chi connectivity index (χ0) is 19.1. The van der Waals surface area contributed by atoms with E-state index in [9.17, 15) is 4.79 Å². The molecule has 2 aromatic rings. The molecule has 2 N–H and O–H groups in total. The normalized spacial score (nSPS) is 13.0. The Labute approximate surface area is 167 Å². The van der Waals surface area contributed by atoms with Gasteiger partial charge in [-0.15, -0.1) is 11.8 Å². The molecule has 0 heterocycles. The van der Waals surface area contributed by atoms with Crippen LogP contribution in [0.15, 0.2) is 47.4 Å². The summed E-state index contributed by atoms with van der Waals surface area (Å²) in [5.74, 6) is 0.577. The summed E-state index contributed by atoms with van der Waals surface area (Å²) in [6.07, 6.45) is 3.65. The number of carbonyl (C=O) groups is 1. The summed E-state index contributed by atoms with van der Waals surface area (Å²) in [5, 5.41) is 3.10. The fourth-order valence-corrected chi connectivity index (χ4v) is 4.49. The van der Waals surface area contributed by atoms with Gasteiger partial charge in [0.1, 0.15) is 6.54 Å². The van der Waals surface area contributed by atoms with Gasteiger partial charge >= 0.3 is 0 Å². The van der Waals surface area contributed by atoms with Gasteiger partial charge in [0.25, 0.3) is 0 Å². The summed E-state index contributed by atoms with van der Waals surface area (Å²) in [5.41, 5.74) is 5.51. The van der Waals surface area contributed by atoms with Crippen molar-refractivity contribution in [3.63, 3.8) is 0 Å². The minimum atomic E-state index is 0.102. The number of hydrogen-bond donors (Lipinski definition) is 2. The third-order valence-electron chi connectivity index (χ3n) is 5.47. The highest BCUT2D eigenvalue weighted by Gasteiger charge is 2.12. The number of rotatable bonds is 9. The van der Waals surface area contributed by atoms with Gasteiger partial charge in [-0.3, -0.25) is 4.79 Å². The summed E-state index contributed by atoms with van der Waals surface area (Å²) in [6, 6.07) is 15.1. The Kier molecular flexibility index (Phi) is 7.36. The molecule has 3 rings (SSSR count). The Balaban J connectivity index is 1.50. The Morgan fingerprint density at radius 3 is 2.56 bits per heavy atom. The van der Waals surface area contributed by atoms with Crippen LogP contribution in [0.25, 0.3) is 0 Å². The van der Waals surface area contributed by atoms with Gasteiger partial charge in [0.05, 0.1) is 18.8 Å². The van der Waals surface area contributed by atoms with Gasteiger partial charge in [0.15, 0.2) is 0 Å². The van der Waals surface area contributed by atoms with Crippen molar-refractivity contribution in [2.45, 2.75) is 51.1 Å². The number of thioether (sulfide) groups is 1. The second-order valence-corrected chi connectivity index (χ2v) is 8.30. The highest BCUT2D eigenvalue weighted by molar-refractivity contribution is 8.00. The van der Waals surface area contributed by atoms with Crippen LogP contribution in [0.4, 0.5) is 0 Å². The molecule has 0 unspecified atom stereocenters. The fraction of sp³-hybridized carbons (Fsp3) is 0.435. The first-order valence-electron chi connectivity index (χ1n) is 10.1. The van der Waals surface area contributed by atoms with Gasteiger partial charge in [-0.25, -0.2) is 0 Å². The molecule has 0 bridgehead atoms. The largest absolute Gasteiger partial charge is 0.351 e. The highest BCUT2D eigenvalue weighted by atomic mass is 32.2. The van der Waals surface area contributed by atoms with E-state index >= 15 is 0 Å². The zero-order valence-electron chi connectivity index (χ0n) is 16.5. The quantitative estimate of drug-likeness (QED) is 0.653. The predicted molar refractivity (Wildman–Crippen MR) is 113 cm³/mol. The molecule has 4 heteroatoms. The van der Waals surface area contributed by atoms with Crippen LogP contribution in [0.1, 0.15) is 42.5 Å². The lowest BCUT2D eigenvalue weighted by molar-refractivity contribution is -0.910. The Hall–Kier alpha value is -1.78. The molecular weight excluding hydrogens is 352 g/mol. The topological polar surface area (TPSA) is 33.5 Å². The summed E-state index contributed by atoms with van der Waals surface area (Å²) in [7, 11) is 0. The number of amides is 1. The van der Waals surface area contributed by atoms with Gasteiger partial charge < -0.3 is 10.2 Å². The van der Waals surface area contributed by atoms with Crippen molar-refractivity contribution in [2.75, 3.05) is 18.8 Å². The van der Waals surface area contributed by atoms with Crippen molar-refractivity contribution in [3.05, 3.63) is 64.7 Å². The Morgan fingerprint density at radius 2 is 1.78 bits per heavy atom. The van der Waals surface area contributed by atoms with Crippen LogP contribution in [0.5, 0.6) is 0 Å². The summed E-state index contributed by atoms with van der Waals surface area (Å²) >= 11 is 1.64. The van der Waals surface area contributed by atoms with Crippen molar-refractivity contribution in [1.82, 2.24) is 5.32 Å². The number of quaternary nitrogens is 1. The smallest absolute Gasteiger partial charge is 0.230 e. The zero-order valence-corrected chi connectivity index (χ0v) is 17.3. The molecule has 1 aliphatic carbocycles. The van der Waals surface area contributed by atoms with Crippen LogP contribution in [0.3, 0.4) is 0 Å². The SMILES string of the molecule is CC[NH+](CC)Cc1ccccc1CNC(=O)CSc1ccc2c(c1)CCC2. The molecule has 0 aromatic heterocycles. The van der Waals surface area contributed by atoms with Crippen molar-refractivity contribution < 1.29 is 9.69 Å². The van der Waals surface area contributed by atoms with Crippen LogP contribution in [-0.4, -0.2) is 24.7 Å². The molecule has 27 heavy (non-hydrogen) atoms. The molecular formula is C23H31N2OS+. The monoisotopic (exact) mass is 383 g/mol. The van der Waals surface area contributed by atoms with Gasteiger partial charge in [0, 0.05) is 17.0 Å². The summed E-state index contributed by atoms with van der Waals surface area (Å²) < 4.78 is 0. The molecule has 144 valence electrons. The summed E-state index contributed by atoms with van der Waals surface area (Å²) in [6.45, 7) is 8.31. The lowest BCUT2D eigenvalue weighted by Gasteiger charge is -2.18. The van der Waals surface area contributed by atoms with Crippen molar-refractivity contribution in [2.24, 2.45) is 0 Å². The first kappa shape index (κ1) is 20.0. The third kappa shape index (κ3) is 5.60. The molecule has 2 aromatic carbocycles. The van der Waals surface area contributed by atoms with E-state index < -0.39 is 0 Å². The van der Waals surface area contributed by atoms with Crippen molar-refractivity contribution in [1.29, 1.82) is 0 Å². The Bertz CT molecular complexity index is 771. The lowest BCUT2D eigenvalue weighted by atomic mass is 10.1. The van der Waals surface area contributed by atoms with E-state index in [-0.39, 0.29) is 5.91 Å². The molecule has 0 spiro atoms. The Morgan fingerprint density at radius 1 is 1.04 bits per heavy atom. The van der Waals surface area contributed by atoms with Gasteiger partial charge in [-0.05, 0) is 61.9 Å². The average molecular weight is 384 g/mol. The second kappa shape index (κ2) is 9.95. The number of nitrogens with one attached hydrogen (secondary N) is 2. The minimum absolute atomic E-state index is 0.102. The standard InChI is InChI=1S/C23H30N2OS/c1-3-25(4-2)16-21-9-6-5-8-20(21)15-24-23(26)17-27-22-13-12-18-10-7-11-19(18)14-22/h5-6,8-9,12-14H,3-4,7,10-11,15-17H2,1-2H3,(H,24,26)/p+1. The van der Waals surface area contributed by atoms with E-state index in [0.717, 1.165) is 19.6 Å². The molecule has 0 saturated heterocycles. The number of carbonyl (C=O) groups excluding carboxylic acids is 1. The van der Waals surface area contributed by atoms with E-state index in [0.29, 0.717) is 12.3 Å². The second-order valence-electron chi connectivity index (χ2n) is 7.25. The highest BCUT2D eigenvalue weighted by Crippen LogP contribution is 2.27. The van der Waals surface area contributed by atoms with Gasteiger partial charge in [-0.1, -0.05) is 30.3 Å². The maximum absolute atomic E-state index is 12.3. The molecule has 1 aliphatic rings. The first-order valence-corrected chi connectivity index (χ1v) is 11.1. The predicted octanol–water partition coefficient (Wildman–Crippen LogP) is 3.01. The van der Waals surface area contributed by atoms with E-state index in [1.54, 1.807) is 16.7 Å². The molecule has 0 aliphatic heterocycles. The van der Waals surface area contributed by atoms with Crippen LogP contribution in [0, 0.1) is 0 Å². The maximum Gasteiger partial charge on any atom is 0.230 e. The summed E-state index contributed by atoms with van der Waals surface area (Å²) in [4.78, 5) is 15.1. The van der Waals surface area contributed by atoms with E-state index in [2.05, 4.69) is 61.6 Å². The fourth-order valence-electron chi connectivity index (χ4n) is 3.70. The molecule has 1 amide bonds. The molecule has 0 radical (unpaired) electrons. The third-order valence-corrected chi connectivity index (χ3v) is 6.47. The number of fused-ring (bicyclic) bond motifs is 1. The number of aryl methyl sites for hydroxylation is 2. The number of benzene rings is 2. The van der Waals surface area contributed by atoms with E-state index in [1.807, 2.05) is 0 Å². The van der Waals surface area contributed by atoms with Crippen molar-refractivity contribution >= 4 is 17.7 Å². The van der Waals surface area contributed by atoms with Gasteiger partial charge in [-0.2, -0.15) is 0 Å². The van der Waals surface area contributed by atoms with E-state index in [1.165, 1.54) is 46.4 Å². The lowest BCUT2D eigenvalue weighted by Crippen LogP contribution is -3.10. The van der Waals surface area contributed by atoms with E-state index in [4.69, 9.17) is 0 Å². The van der Waals surface area contributed by atoms with Crippen LogP contribution in [-0.2, 0) is 30.7 Å². The molecule has 3 nitrogen and oxygen atoms in total. The van der Waals surface area contributed by atoms with Crippen LogP contribution < -0.4 is 10.2 Å².